The van der Waals surface area contributed by atoms with Gasteiger partial charge in [0, 0.05) is 50.7 Å². The first kappa shape index (κ1) is 20.6. The monoisotopic (exact) mass is 425 g/mol. The normalized spacial score (nSPS) is 16.5. The first-order valence-electron chi connectivity index (χ1n) is 10.3. The van der Waals surface area contributed by atoms with Crippen LogP contribution in [0.15, 0.2) is 42.5 Å². The lowest BCUT2D eigenvalue weighted by Gasteiger charge is -2.21. The predicted octanol–water partition coefficient (Wildman–Crippen LogP) is 3.64. The molecule has 0 radical (unpaired) electrons. The molecule has 1 unspecified atom stereocenters. The van der Waals surface area contributed by atoms with Crippen LogP contribution in [-0.4, -0.2) is 48.6 Å². The molecule has 2 aromatic carbocycles. The molecule has 30 heavy (non-hydrogen) atoms. The molecule has 4 rings (SSSR count). The number of nitrogens with zero attached hydrogens (tertiary/aromatic N) is 2. The van der Waals surface area contributed by atoms with Gasteiger partial charge < -0.3 is 14.8 Å². The van der Waals surface area contributed by atoms with E-state index >= 15 is 0 Å². The van der Waals surface area contributed by atoms with E-state index < -0.39 is 0 Å². The molecule has 1 amide bonds. The summed E-state index contributed by atoms with van der Waals surface area (Å²) < 4.78 is 12.5. The van der Waals surface area contributed by atoms with E-state index in [1.165, 1.54) is 4.70 Å². The summed E-state index contributed by atoms with van der Waals surface area (Å²) in [5.74, 6) is 1.75. The van der Waals surface area contributed by atoms with Crippen LogP contribution in [0.2, 0.25) is 0 Å². The minimum atomic E-state index is 0.0681. The second-order valence-electron chi connectivity index (χ2n) is 7.56. The molecule has 0 fully saturated rings. The SMILES string of the molecule is COc1ccc2c(c1)OC(C)CN(CCNC(=O)CCc1nc3ccccc3s1)C2. The Balaban J connectivity index is 1.25. The standard InChI is InChI=1S/C23H27N3O3S/c1-16-14-26(15-17-7-8-18(28-2)13-20(17)29-16)12-11-24-22(27)9-10-23-25-19-5-3-4-6-21(19)30-23/h3-8,13,16H,9-12,14-15H2,1-2H3,(H,24,27). The van der Waals surface area contributed by atoms with Gasteiger partial charge in [0.25, 0.3) is 0 Å². The number of aryl methyl sites for hydroxylation is 1. The zero-order valence-corrected chi connectivity index (χ0v) is 18.2. The van der Waals surface area contributed by atoms with Gasteiger partial charge >= 0.3 is 0 Å². The number of carbonyl (C=O) groups is 1. The molecule has 0 bridgehead atoms. The summed E-state index contributed by atoms with van der Waals surface area (Å²) in [6, 6.07) is 14.0. The topological polar surface area (TPSA) is 63.7 Å². The fourth-order valence-corrected chi connectivity index (χ4v) is 4.65. The van der Waals surface area contributed by atoms with Crippen molar-refractivity contribution in [3.63, 3.8) is 0 Å². The summed E-state index contributed by atoms with van der Waals surface area (Å²) in [5, 5.41) is 4.06. The van der Waals surface area contributed by atoms with E-state index in [-0.39, 0.29) is 12.0 Å². The Labute approximate surface area is 180 Å². The molecule has 158 valence electrons. The lowest BCUT2D eigenvalue weighted by molar-refractivity contribution is -0.121. The Hall–Kier alpha value is -2.64. The maximum Gasteiger partial charge on any atom is 0.220 e. The van der Waals surface area contributed by atoms with E-state index in [1.54, 1.807) is 18.4 Å². The van der Waals surface area contributed by atoms with Crippen LogP contribution >= 0.6 is 11.3 Å². The van der Waals surface area contributed by atoms with Crippen molar-refractivity contribution in [3.05, 3.63) is 53.0 Å². The average molecular weight is 426 g/mol. The molecule has 7 heteroatoms. The highest BCUT2D eigenvalue weighted by Crippen LogP contribution is 2.29. The number of hydrogen-bond donors (Lipinski definition) is 1. The maximum absolute atomic E-state index is 12.3. The van der Waals surface area contributed by atoms with Crippen molar-refractivity contribution >= 4 is 27.5 Å². The van der Waals surface area contributed by atoms with Crippen LogP contribution in [0.1, 0.15) is 23.9 Å². The van der Waals surface area contributed by atoms with Gasteiger partial charge in [-0.05, 0) is 25.1 Å². The number of hydrogen-bond acceptors (Lipinski definition) is 6. The van der Waals surface area contributed by atoms with Crippen molar-refractivity contribution in [1.82, 2.24) is 15.2 Å². The molecule has 3 aromatic rings. The van der Waals surface area contributed by atoms with Gasteiger partial charge in [-0.3, -0.25) is 9.69 Å². The van der Waals surface area contributed by atoms with Gasteiger partial charge in [-0.15, -0.1) is 11.3 Å². The van der Waals surface area contributed by atoms with Gasteiger partial charge in [0.1, 0.15) is 17.6 Å². The highest BCUT2D eigenvalue weighted by molar-refractivity contribution is 7.18. The first-order valence-corrected chi connectivity index (χ1v) is 11.1. The molecule has 1 N–H and O–H groups in total. The van der Waals surface area contributed by atoms with E-state index in [0.717, 1.165) is 47.2 Å². The minimum absolute atomic E-state index is 0.0681. The van der Waals surface area contributed by atoms with E-state index in [0.29, 0.717) is 19.4 Å². The summed E-state index contributed by atoms with van der Waals surface area (Å²) in [6.45, 7) is 5.09. The van der Waals surface area contributed by atoms with Crippen molar-refractivity contribution in [2.75, 3.05) is 26.7 Å². The lowest BCUT2D eigenvalue weighted by Crippen LogP contribution is -2.37. The van der Waals surface area contributed by atoms with Gasteiger partial charge in [-0.25, -0.2) is 4.98 Å². The van der Waals surface area contributed by atoms with E-state index in [1.807, 2.05) is 30.3 Å². The molecular weight excluding hydrogens is 398 g/mol. The van der Waals surface area contributed by atoms with Gasteiger partial charge in [0.2, 0.25) is 5.91 Å². The van der Waals surface area contributed by atoms with Crippen LogP contribution in [-0.2, 0) is 17.8 Å². The fraction of sp³-hybridized carbons (Fsp3) is 0.391. The Morgan fingerprint density at radius 3 is 3.03 bits per heavy atom. The lowest BCUT2D eigenvalue weighted by atomic mass is 10.2. The number of methoxy groups -OCH3 is 1. The molecule has 0 aliphatic carbocycles. The average Bonchev–Trinajstić information content (AvgIpc) is 3.08. The number of rotatable bonds is 7. The number of carbonyl (C=O) groups excluding carboxylic acids is 1. The van der Waals surface area contributed by atoms with Gasteiger partial charge in [-0.2, -0.15) is 0 Å². The fourth-order valence-electron chi connectivity index (χ4n) is 3.68. The number of nitrogens with one attached hydrogen (secondary N) is 1. The largest absolute Gasteiger partial charge is 0.497 e. The summed E-state index contributed by atoms with van der Waals surface area (Å²) in [5.41, 5.74) is 2.15. The van der Waals surface area contributed by atoms with Crippen molar-refractivity contribution in [3.8, 4) is 11.5 Å². The molecule has 0 saturated carbocycles. The number of para-hydroxylation sites is 1. The highest BCUT2D eigenvalue weighted by Gasteiger charge is 2.20. The third kappa shape index (κ3) is 5.09. The van der Waals surface area contributed by atoms with Crippen LogP contribution < -0.4 is 14.8 Å². The van der Waals surface area contributed by atoms with Gasteiger partial charge in [0.05, 0.1) is 22.3 Å². The van der Waals surface area contributed by atoms with Crippen molar-refractivity contribution in [2.45, 2.75) is 32.4 Å². The van der Waals surface area contributed by atoms with Gasteiger partial charge in [-0.1, -0.05) is 18.2 Å². The van der Waals surface area contributed by atoms with Gasteiger partial charge in [0.15, 0.2) is 0 Å². The number of thiazole rings is 1. The van der Waals surface area contributed by atoms with Crippen LogP contribution in [0.3, 0.4) is 0 Å². The molecule has 1 aliphatic heterocycles. The zero-order valence-electron chi connectivity index (χ0n) is 17.4. The smallest absolute Gasteiger partial charge is 0.220 e. The third-order valence-electron chi connectivity index (χ3n) is 5.17. The van der Waals surface area contributed by atoms with Crippen LogP contribution in [0.25, 0.3) is 10.2 Å². The maximum atomic E-state index is 12.3. The Bertz CT molecular complexity index is 987. The molecule has 0 spiro atoms. The predicted molar refractivity (Wildman–Crippen MR) is 119 cm³/mol. The molecule has 1 aromatic heterocycles. The number of amides is 1. The highest BCUT2D eigenvalue weighted by atomic mass is 32.1. The molecule has 1 aliphatic rings. The number of fused-ring (bicyclic) bond motifs is 2. The van der Waals surface area contributed by atoms with Crippen LogP contribution in [0, 0.1) is 0 Å². The summed E-state index contributed by atoms with van der Waals surface area (Å²) in [7, 11) is 1.66. The summed E-state index contributed by atoms with van der Waals surface area (Å²) in [6.07, 6.45) is 1.21. The second kappa shape index (κ2) is 9.45. The number of benzene rings is 2. The van der Waals surface area contributed by atoms with Crippen LogP contribution in [0.5, 0.6) is 11.5 Å². The summed E-state index contributed by atoms with van der Waals surface area (Å²) in [4.78, 5) is 19.2. The zero-order chi connectivity index (χ0) is 20.9. The van der Waals surface area contributed by atoms with Crippen LogP contribution in [0.4, 0.5) is 0 Å². The van der Waals surface area contributed by atoms with Crippen molar-refractivity contribution < 1.29 is 14.3 Å². The van der Waals surface area contributed by atoms with E-state index in [2.05, 4.69) is 34.3 Å². The third-order valence-corrected chi connectivity index (χ3v) is 6.26. The minimum Gasteiger partial charge on any atom is -0.497 e. The van der Waals surface area contributed by atoms with E-state index in [4.69, 9.17) is 9.47 Å². The molecule has 1 atom stereocenters. The molecule has 2 heterocycles. The molecule has 6 nitrogen and oxygen atoms in total. The van der Waals surface area contributed by atoms with Crippen molar-refractivity contribution in [2.24, 2.45) is 0 Å². The summed E-state index contributed by atoms with van der Waals surface area (Å²) >= 11 is 1.66. The molecular formula is C23H27N3O3S. The quantitative estimate of drug-likeness (QED) is 0.626. The van der Waals surface area contributed by atoms with Crippen molar-refractivity contribution in [1.29, 1.82) is 0 Å². The Morgan fingerprint density at radius 2 is 2.20 bits per heavy atom. The van der Waals surface area contributed by atoms with E-state index in [9.17, 15) is 4.79 Å². The molecule has 0 saturated heterocycles. The Morgan fingerprint density at radius 1 is 1.33 bits per heavy atom. The number of ether oxygens (including phenoxy) is 2. The first-order chi connectivity index (χ1) is 14.6. The Kier molecular flexibility index (Phi) is 6.50. The second-order valence-corrected chi connectivity index (χ2v) is 8.68. The number of aromatic nitrogens is 1.